The Bertz CT molecular complexity index is 364. The molecular weight excluding hydrogens is 206 g/mol. The first-order chi connectivity index (χ1) is 7.27. The van der Waals surface area contributed by atoms with Crippen LogP contribution in [0.5, 0.6) is 0 Å². The molecule has 78 valence electrons. The number of nitriles is 1. The molecule has 1 aromatic carbocycles. The van der Waals surface area contributed by atoms with Gasteiger partial charge >= 0.3 is 0 Å². The minimum absolute atomic E-state index is 0.137. The van der Waals surface area contributed by atoms with Crippen LogP contribution in [0.2, 0.25) is 0 Å². The molecule has 0 aliphatic rings. The van der Waals surface area contributed by atoms with Gasteiger partial charge < -0.3 is 0 Å². The molecule has 0 aliphatic carbocycles. The highest BCUT2D eigenvalue weighted by Crippen LogP contribution is 2.09. The lowest BCUT2D eigenvalue weighted by atomic mass is 10.1. The van der Waals surface area contributed by atoms with Crippen LogP contribution in [0, 0.1) is 11.3 Å². The van der Waals surface area contributed by atoms with Gasteiger partial charge in [0.05, 0.1) is 17.4 Å². The van der Waals surface area contributed by atoms with Crippen molar-refractivity contribution in [1.29, 1.82) is 5.26 Å². The first kappa shape index (κ1) is 11.8. The average Bonchev–Trinajstić information content (AvgIpc) is 2.29. The van der Waals surface area contributed by atoms with Gasteiger partial charge in [-0.2, -0.15) is 17.0 Å². The molecule has 0 aliphatic heterocycles. The highest BCUT2D eigenvalue weighted by Gasteiger charge is 2.04. The Morgan fingerprint density at radius 2 is 2.07 bits per heavy atom. The fourth-order valence-corrected chi connectivity index (χ4v) is 1.91. The van der Waals surface area contributed by atoms with Crippen molar-refractivity contribution >= 4 is 17.5 Å². The smallest absolute Gasteiger partial charge is 0.172 e. The lowest BCUT2D eigenvalue weighted by Crippen LogP contribution is -2.02. The summed E-state index contributed by atoms with van der Waals surface area (Å²) in [5.41, 5.74) is 1.28. The lowest BCUT2D eigenvalue weighted by molar-refractivity contribution is 0.102. The van der Waals surface area contributed by atoms with Gasteiger partial charge in [0, 0.05) is 5.56 Å². The second-order valence-electron chi connectivity index (χ2n) is 3.16. The second kappa shape index (κ2) is 6.26. The van der Waals surface area contributed by atoms with Crippen LogP contribution in [0.4, 0.5) is 0 Å². The number of ketones is 1. The van der Waals surface area contributed by atoms with E-state index >= 15 is 0 Å². The summed E-state index contributed by atoms with van der Waals surface area (Å²) in [6.45, 7) is 2.10. The molecule has 2 nitrogen and oxygen atoms in total. The summed E-state index contributed by atoms with van der Waals surface area (Å²) in [6, 6.07) is 8.82. The van der Waals surface area contributed by atoms with Crippen LogP contribution >= 0.6 is 11.8 Å². The van der Waals surface area contributed by atoms with Crippen LogP contribution < -0.4 is 0 Å². The number of nitrogens with zero attached hydrogens (tertiary/aromatic N) is 1. The molecule has 0 amide bonds. The zero-order valence-electron chi connectivity index (χ0n) is 8.69. The van der Waals surface area contributed by atoms with Crippen LogP contribution in [0.25, 0.3) is 0 Å². The summed E-state index contributed by atoms with van der Waals surface area (Å²) >= 11 is 1.65. The van der Waals surface area contributed by atoms with Crippen molar-refractivity contribution < 1.29 is 4.79 Å². The third-order valence-corrected chi connectivity index (χ3v) is 3.08. The zero-order valence-corrected chi connectivity index (χ0v) is 9.51. The van der Waals surface area contributed by atoms with Gasteiger partial charge in [-0.3, -0.25) is 4.79 Å². The Labute approximate surface area is 94.3 Å². The maximum atomic E-state index is 11.6. The topological polar surface area (TPSA) is 40.9 Å². The minimum Gasteiger partial charge on any atom is -0.293 e. The van der Waals surface area contributed by atoms with E-state index in [1.807, 2.05) is 6.07 Å². The molecule has 1 rings (SSSR count). The summed E-state index contributed by atoms with van der Waals surface area (Å²) < 4.78 is 0. The predicted molar refractivity (Wildman–Crippen MR) is 63.1 cm³/mol. The van der Waals surface area contributed by atoms with Crippen molar-refractivity contribution in [3.05, 3.63) is 35.4 Å². The predicted octanol–water partition coefficient (Wildman–Crippen LogP) is 2.88. The molecule has 15 heavy (non-hydrogen) atoms. The second-order valence-corrected chi connectivity index (χ2v) is 4.27. The van der Waals surface area contributed by atoms with E-state index in [4.69, 9.17) is 5.26 Å². The van der Waals surface area contributed by atoms with Gasteiger partial charge in [-0.25, -0.2) is 0 Å². The molecule has 0 unspecified atom stereocenters. The van der Waals surface area contributed by atoms with E-state index in [1.165, 1.54) is 0 Å². The number of benzene rings is 1. The van der Waals surface area contributed by atoms with Crippen molar-refractivity contribution in [1.82, 2.24) is 0 Å². The van der Waals surface area contributed by atoms with Crippen molar-refractivity contribution in [2.24, 2.45) is 0 Å². The number of hydrogen-bond donors (Lipinski definition) is 0. The van der Waals surface area contributed by atoms with Gasteiger partial charge in [-0.05, 0) is 24.3 Å². The number of carbonyl (C=O) groups is 1. The average molecular weight is 219 g/mol. The largest absolute Gasteiger partial charge is 0.293 e. The van der Waals surface area contributed by atoms with Gasteiger partial charge in [0.2, 0.25) is 0 Å². The Kier molecular flexibility index (Phi) is 4.92. The minimum atomic E-state index is 0.137. The Morgan fingerprint density at radius 1 is 1.40 bits per heavy atom. The number of carbonyl (C=O) groups excluding carboxylic acids is 1. The maximum Gasteiger partial charge on any atom is 0.172 e. The van der Waals surface area contributed by atoms with Crippen molar-refractivity contribution in [2.75, 3.05) is 11.5 Å². The fourth-order valence-electron chi connectivity index (χ4n) is 1.12. The molecule has 0 fully saturated rings. The number of hydrogen-bond acceptors (Lipinski definition) is 3. The molecule has 0 atom stereocenters. The summed E-state index contributed by atoms with van der Waals surface area (Å²) in [7, 11) is 0. The van der Waals surface area contributed by atoms with Crippen molar-refractivity contribution in [2.45, 2.75) is 13.3 Å². The highest BCUT2D eigenvalue weighted by molar-refractivity contribution is 7.99. The third kappa shape index (κ3) is 3.77. The first-order valence-corrected chi connectivity index (χ1v) is 6.04. The van der Waals surface area contributed by atoms with Gasteiger partial charge in [0.1, 0.15) is 0 Å². The molecule has 0 bridgehead atoms. The van der Waals surface area contributed by atoms with Crippen LogP contribution in [0.15, 0.2) is 24.3 Å². The normalized spacial score (nSPS) is 9.60. The van der Waals surface area contributed by atoms with Crippen LogP contribution in [-0.4, -0.2) is 17.3 Å². The summed E-state index contributed by atoms with van der Waals surface area (Å²) in [4.78, 5) is 11.6. The summed E-state index contributed by atoms with van der Waals surface area (Å²) in [6.07, 6.45) is 1.09. The molecule has 0 spiro atoms. The van der Waals surface area contributed by atoms with E-state index in [1.54, 1.807) is 36.0 Å². The third-order valence-electron chi connectivity index (χ3n) is 1.92. The first-order valence-electron chi connectivity index (χ1n) is 4.89. The maximum absolute atomic E-state index is 11.6. The van der Waals surface area contributed by atoms with Crippen LogP contribution in [-0.2, 0) is 0 Å². The monoisotopic (exact) mass is 219 g/mol. The van der Waals surface area contributed by atoms with Gasteiger partial charge in [-0.15, -0.1) is 0 Å². The van der Waals surface area contributed by atoms with Gasteiger partial charge in [0.25, 0.3) is 0 Å². The van der Waals surface area contributed by atoms with Gasteiger partial charge in [0.15, 0.2) is 5.78 Å². The Hall–Kier alpha value is -1.27. The van der Waals surface area contributed by atoms with Crippen molar-refractivity contribution in [3.63, 3.8) is 0 Å². The Balaban J connectivity index is 2.55. The lowest BCUT2D eigenvalue weighted by Gasteiger charge is -2.00. The van der Waals surface area contributed by atoms with E-state index in [2.05, 4.69) is 6.92 Å². The molecule has 0 saturated carbocycles. The fraction of sp³-hybridized carbons (Fsp3) is 0.333. The number of Topliss-reactive ketones (excluding diaryl/α,β-unsaturated/α-hetero) is 1. The summed E-state index contributed by atoms with van der Waals surface area (Å²) in [5.74, 6) is 1.68. The Morgan fingerprint density at radius 3 is 2.60 bits per heavy atom. The molecule has 1 aromatic rings. The molecule has 0 saturated heterocycles. The highest BCUT2D eigenvalue weighted by atomic mass is 32.2. The SMILES string of the molecule is CCCSCC(=O)c1ccc(C#N)cc1. The number of rotatable bonds is 5. The number of thioether (sulfide) groups is 1. The quantitative estimate of drug-likeness (QED) is 0.564. The van der Waals surface area contributed by atoms with Crippen LogP contribution in [0.1, 0.15) is 29.3 Å². The van der Waals surface area contributed by atoms with Gasteiger partial charge in [-0.1, -0.05) is 19.1 Å². The molecule has 3 heteroatoms. The molecule has 0 heterocycles. The van der Waals surface area contributed by atoms with E-state index < -0.39 is 0 Å². The molecular formula is C12H13NOS. The van der Waals surface area contributed by atoms with E-state index in [9.17, 15) is 4.79 Å². The van der Waals surface area contributed by atoms with E-state index in [0.717, 1.165) is 12.2 Å². The molecule has 0 aromatic heterocycles. The standard InChI is InChI=1S/C12H13NOS/c1-2-7-15-9-12(14)11-5-3-10(8-13)4-6-11/h3-6H,2,7,9H2,1H3. The molecule has 0 N–H and O–H groups in total. The van der Waals surface area contributed by atoms with E-state index in [-0.39, 0.29) is 5.78 Å². The van der Waals surface area contributed by atoms with Crippen LogP contribution in [0.3, 0.4) is 0 Å². The molecule has 0 radical (unpaired) electrons. The summed E-state index contributed by atoms with van der Waals surface area (Å²) in [5, 5.41) is 8.60. The zero-order chi connectivity index (χ0) is 11.1. The van der Waals surface area contributed by atoms with Crippen molar-refractivity contribution in [3.8, 4) is 6.07 Å². The van der Waals surface area contributed by atoms with E-state index in [0.29, 0.717) is 16.9 Å².